The quantitative estimate of drug-likeness (QED) is 0.451. The van der Waals surface area contributed by atoms with Gasteiger partial charge in [-0.05, 0) is 69.2 Å². The van der Waals surface area contributed by atoms with E-state index in [1.807, 2.05) is 39.0 Å². The van der Waals surface area contributed by atoms with Crippen LogP contribution in [0, 0.1) is 13.8 Å². The Balaban J connectivity index is 2.47. The Bertz CT molecular complexity index is 1330. The summed E-state index contributed by atoms with van der Waals surface area (Å²) in [5.74, 6) is -1.20. The van der Waals surface area contributed by atoms with Crippen molar-refractivity contribution in [1.29, 1.82) is 0 Å². The molecule has 180 valence electrons. The van der Waals surface area contributed by atoms with Crippen molar-refractivity contribution in [2.24, 2.45) is 7.05 Å². The van der Waals surface area contributed by atoms with Crippen LogP contribution in [0.15, 0.2) is 41.2 Å². The summed E-state index contributed by atoms with van der Waals surface area (Å²) in [6, 6.07) is 11.0. The number of carbonyl (C=O) groups is 2. The number of ketones is 1. The first kappa shape index (κ1) is 25.4. The van der Waals surface area contributed by atoms with Gasteiger partial charge in [0.25, 0.3) is 5.56 Å². The summed E-state index contributed by atoms with van der Waals surface area (Å²) < 4.78 is 7.32. The van der Waals surface area contributed by atoms with E-state index >= 15 is 0 Å². The number of ether oxygens (including phenoxy) is 1. The van der Waals surface area contributed by atoms with Crippen molar-refractivity contribution in [3.8, 4) is 11.1 Å². The molecule has 1 N–H and O–H groups in total. The average Bonchev–Trinajstić information content (AvgIpc) is 2.75. The number of aliphatic carboxylic acids is 1. The van der Waals surface area contributed by atoms with E-state index in [9.17, 15) is 19.5 Å². The van der Waals surface area contributed by atoms with Crippen LogP contribution in [-0.4, -0.2) is 27.0 Å². The van der Waals surface area contributed by atoms with Crippen LogP contribution in [0.2, 0.25) is 0 Å². The number of fused-ring (bicyclic) bond motifs is 1. The molecule has 34 heavy (non-hydrogen) atoms. The highest BCUT2D eigenvalue weighted by atomic mass is 16.5. The lowest BCUT2D eigenvalue weighted by Crippen LogP contribution is -2.33. The number of pyridine rings is 1. The van der Waals surface area contributed by atoms with Crippen molar-refractivity contribution in [3.05, 3.63) is 69.1 Å². The number of Topliss-reactive ketones (excluding diaryl/α,β-unsaturated/α-hetero) is 1. The first-order chi connectivity index (χ1) is 15.9. The lowest BCUT2D eigenvalue weighted by Gasteiger charge is -2.28. The highest BCUT2D eigenvalue weighted by molar-refractivity contribution is 6.04. The van der Waals surface area contributed by atoms with Crippen LogP contribution in [0.4, 0.5) is 0 Å². The highest BCUT2D eigenvalue weighted by Gasteiger charge is 2.33. The minimum atomic E-state index is -1.36. The maximum Gasteiger partial charge on any atom is 0.339 e. The minimum Gasteiger partial charge on any atom is -0.479 e. The van der Waals surface area contributed by atoms with Crippen LogP contribution in [0.1, 0.15) is 73.8 Å². The van der Waals surface area contributed by atoms with Crippen molar-refractivity contribution in [2.75, 3.05) is 0 Å². The van der Waals surface area contributed by atoms with Gasteiger partial charge in [-0.15, -0.1) is 0 Å². The molecule has 0 saturated heterocycles. The predicted octanol–water partition coefficient (Wildman–Crippen LogP) is 5.75. The Labute approximate surface area is 200 Å². The van der Waals surface area contributed by atoms with Crippen LogP contribution in [0.25, 0.3) is 21.9 Å². The zero-order valence-corrected chi connectivity index (χ0v) is 21.0. The van der Waals surface area contributed by atoms with E-state index in [1.54, 1.807) is 46.0 Å². The van der Waals surface area contributed by atoms with Crippen molar-refractivity contribution in [2.45, 2.75) is 66.1 Å². The number of hydrogen-bond donors (Lipinski definition) is 1. The predicted molar refractivity (Wildman–Crippen MR) is 135 cm³/mol. The van der Waals surface area contributed by atoms with Gasteiger partial charge in [0, 0.05) is 30.0 Å². The SMILES string of the molecule is CCCC(=O)c1ccc2c(-c3ccc(C)c(C)c3)c(C(OC(C)(C)C)C(=O)O)n(C)c(=O)c2c1. The minimum absolute atomic E-state index is 0.0252. The molecule has 3 rings (SSSR count). The molecule has 2 aromatic carbocycles. The molecular weight excluding hydrogens is 430 g/mol. The van der Waals surface area contributed by atoms with Crippen LogP contribution in [-0.2, 0) is 16.6 Å². The summed E-state index contributed by atoms with van der Waals surface area (Å²) >= 11 is 0. The van der Waals surface area contributed by atoms with Gasteiger partial charge < -0.3 is 14.4 Å². The molecule has 1 aromatic heterocycles. The number of hydrogen-bond acceptors (Lipinski definition) is 4. The molecule has 0 fully saturated rings. The molecule has 0 bridgehead atoms. The number of carboxylic acids is 1. The normalized spacial score (nSPS) is 12.7. The maximum atomic E-state index is 13.5. The number of benzene rings is 2. The molecule has 0 amide bonds. The van der Waals surface area contributed by atoms with E-state index in [2.05, 4.69) is 0 Å². The van der Waals surface area contributed by atoms with Gasteiger partial charge in [-0.1, -0.05) is 37.3 Å². The van der Waals surface area contributed by atoms with Crippen LogP contribution in [0.5, 0.6) is 0 Å². The highest BCUT2D eigenvalue weighted by Crippen LogP contribution is 2.37. The molecule has 6 nitrogen and oxygen atoms in total. The Kier molecular flexibility index (Phi) is 7.13. The van der Waals surface area contributed by atoms with Gasteiger partial charge >= 0.3 is 5.97 Å². The number of aryl methyl sites for hydroxylation is 2. The van der Waals surface area contributed by atoms with E-state index in [-0.39, 0.29) is 17.0 Å². The van der Waals surface area contributed by atoms with Crippen LogP contribution in [0.3, 0.4) is 0 Å². The Hall–Kier alpha value is -3.25. The summed E-state index contributed by atoms with van der Waals surface area (Å²) in [4.78, 5) is 38.4. The molecular formula is C28H33NO5. The second kappa shape index (κ2) is 9.55. The molecule has 0 aliphatic heterocycles. The Morgan fingerprint density at radius 1 is 1.03 bits per heavy atom. The number of nitrogens with zero attached hydrogens (tertiary/aromatic N) is 1. The number of carboxylic acid groups (broad SMARTS) is 1. The van der Waals surface area contributed by atoms with Crippen molar-refractivity contribution in [1.82, 2.24) is 4.57 Å². The van der Waals surface area contributed by atoms with E-state index in [0.717, 1.165) is 16.7 Å². The smallest absolute Gasteiger partial charge is 0.339 e. The molecule has 0 radical (unpaired) electrons. The average molecular weight is 464 g/mol. The third kappa shape index (κ3) is 4.97. The summed E-state index contributed by atoms with van der Waals surface area (Å²) in [5, 5.41) is 11.1. The van der Waals surface area contributed by atoms with Gasteiger partial charge in [-0.2, -0.15) is 0 Å². The largest absolute Gasteiger partial charge is 0.479 e. The second-order valence-electron chi connectivity index (χ2n) is 9.81. The first-order valence-corrected chi connectivity index (χ1v) is 11.5. The molecule has 0 aliphatic rings. The second-order valence-corrected chi connectivity index (χ2v) is 9.81. The molecule has 1 unspecified atom stereocenters. The Morgan fingerprint density at radius 2 is 1.71 bits per heavy atom. The summed E-state index contributed by atoms with van der Waals surface area (Å²) in [6.45, 7) is 11.3. The summed E-state index contributed by atoms with van der Waals surface area (Å²) in [5.41, 5.74) is 3.18. The molecule has 0 saturated carbocycles. The van der Waals surface area contributed by atoms with Gasteiger partial charge in [-0.3, -0.25) is 9.59 Å². The van der Waals surface area contributed by atoms with Gasteiger partial charge in [0.1, 0.15) is 0 Å². The molecule has 0 spiro atoms. The van der Waals surface area contributed by atoms with Crippen LogP contribution < -0.4 is 5.56 Å². The lowest BCUT2D eigenvalue weighted by molar-refractivity contribution is -0.161. The number of carbonyl (C=O) groups excluding carboxylic acids is 1. The topological polar surface area (TPSA) is 85.6 Å². The van der Waals surface area contributed by atoms with E-state index in [0.29, 0.717) is 34.7 Å². The fourth-order valence-corrected chi connectivity index (χ4v) is 4.16. The zero-order valence-electron chi connectivity index (χ0n) is 21.0. The van der Waals surface area contributed by atoms with E-state index in [4.69, 9.17) is 4.74 Å². The molecule has 1 heterocycles. The molecule has 6 heteroatoms. The van der Waals surface area contributed by atoms with Crippen molar-refractivity contribution in [3.63, 3.8) is 0 Å². The van der Waals surface area contributed by atoms with Crippen molar-refractivity contribution < 1.29 is 19.4 Å². The molecule has 3 aromatic rings. The van der Waals surface area contributed by atoms with Gasteiger partial charge in [-0.25, -0.2) is 4.79 Å². The lowest BCUT2D eigenvalue weighted by atomic mass is 9.91. The fraction of sp³-hybridized carbons (Fsp3) is 0.393. The van der Waals surface area contributed by atoms with Gasteiger partial charge in [0.2, 0.25) is 0 Å². The van der Waals surface area contributed by atoms with E-state index < -0.39 is 17.7 Å². The number of aromatic nitrogens is 1. The van der Waals surface area contributed by atoms with Gasteiger partial charge in [0.05, 0.1) is 11.3 Å². The van der Waals surface area contributed by atoms with E-state index in [1.165, 1.54) is 4.57 Å². The summed E-state index contributed by atoms with van der Waals surface area (Å²) in [7, 11) is 1.56. The standard InChI is InChI=1S/C28H33NO5/c1-8-9-22(30)18-12-13-20-21(15-18)26(31)29(7)24(25(27(32)33)34-28(4,5)6)23(20)19-11-10-16(2)17(3)14-19/h10-15,25H,8-9H2,1-7H3,(H,32,33). The monoisotopic (exact) mass is 463 g/mol. The fourth-order valence-electron chi connectivity index (χ4n) is 4.16. The summed E-state index contributed by atoms with van der Waals surface area (Å²) in [6.07, 6.45) is -0.249. The molecule has 1 atom stereocenters. The van der Waals surface area contributed by atoms with Crippen molar-refractivity contribution >= 4 is 22.5 Å². The molecule has 0 aliphatic carbocycles. The van der Waals surface area contributed by atoms with Gasteiger partial charge in [0.15, 0.2) is 11.9 Å². The van der Waals surface area contributed by atoms with Crippen LogP contribution >= 0.6 is 0 Å². The maximum absolute atomic E-state index is 13.5. The number of rotatable bonds is 7. The third-order valence-corrected chi connectivity index (χ3v) is 5.98. The first-order valence-electron chi connectivity index (χ1n) is 11.5. The third-order valence-electron chi connectivity index (χ3n) is 5.98. The Morgan fingerprint density at radius 3 is 2.26 bits per heavy atom. The zero-order chi connectivity index (χ0) is 25.4.